The molecular formula is C31H24FN3O6S2. The van der Waals surface area contributed by atoms with Crippen molar-refractivity contribution in [3.63, 3.8) is 0 Å². The van der Waals surface area contributed by atoms with Gasteiger partial charge in [-0.1, -0.05) is 53.4 Å². The van der Waals surface area contributed by atoms with Crippen molar-refractivity contribution in [1.29, 1.82) is 0 Å². The Morgan fingerprint density at radius 3 is 2.30 bits per heavy atom. The van der Waals surface area contributed by atoms with Gasteiger partial charge in [0.25, 0.3) is 0 Å². The summed E-state index contributed by atoms with van der Waals surface area (Å²) in [6.45, 7) is 1.61. The Morgan fingerprint density at radius 2 is 1.63 bits per heavy atom. The molecule has 0 saturated carbocycles. The van der Waals surface area contributed by atoms with Crippen molar-refractivity contribution in [3.05, 3.63) is 110 Å². The van der Waals surface area contributed by atoms with Crippen LogP contribution in [-0.4, -0.2) is 40.1 Å². The standard InChI is InChI=1S/C31H24FN3O6S2/c1-2-41-30(39)18-10-14-21(15-11-18)35-27(37)24-23(17-8-12-19(32)13-9-17)26-29(42-25(24)28(35)38)34(31(40)43-26)16-22(36)33-20-6-4-3-5-7-20/h3-15,23-25H,2,16H2,1H3,(H,33,36)/t23-,24+,25-/m0/s1. The van der Waals surface area contributed by atoms with Crippen LogP contribution in [0.3, 0.4) is 0 Å². The van der Waals surface area contributed by atoms with Crippen LogP contribution < -0.4 is 15.1 Å². The molecule has 0 radical (unpaired) electrons. The van der Waals surface area contributed by atoms with Gasteiger partial charge < -0.3 is 10.1 Å². The lowest BCUT2D eigenvalue weighted by Gasteiger charge is -2.30. The van der Waals surface area contributed by atoms with Crippen LogP contribution in [0.25, 0.3) is 0 Å². The summed E-state index contributed by atoms with van der Waals surface area (Å²) in [5.41, 5.74) is 1.71. The number of para-hydroxylation sites is 1. The van der Waals surface area contributed by atoms with Crippen molar-refractivity contribution in [2.75, 3.05) is 16.8 Å². The quantitative estimate of drug-likeness (QED) is 0.237. The van der Waals surface area contributed by atoms with Crippen molar-refractivity contribution < 1.29 is 28.3 Å². The molecule has 43 heavy (non-hydrogen) atoms. The van der Waals surface area contributed by atoms with E-state index in [1.54, 1.807) is 43.3 Å². The van der Waals surface area contributed by atoms with E-state index in [0.29, 0.717) is 26.8 Å². The molecule has 2 aliphatic rings. The van der Waals surface area contributed by atoms with E-state index in [9.17, 15) is 28.4 Å². The number of anilines is 2. The van der Waals surface area contributed by atoms with Gasteiger partial charge in [0.2, 0.25) is 17.7 Å². The normalized spacial score (nSPS) is 19.1. The van der Waals surface area contributed by atoms with Gasteiger partial charge in [0, 0.05) is 16.5 Å². The Labute approximate surface area is 253 Å². The number of hydrogen-bond acceptors (Lipinski definition) is 8. The second kappa shape index (κ2) is 11.6. The summed E-state index contributed by atoms with van der Waals surface area (Å²) in [4.78, 5) is 67.4. The fourth-order valence-corrected chi connectivity index (χ4v) is 8.14. The van der Waals surface area contributed by atoms with Gasteiger partial charge in [-0.2, -0.15) is 0 Å². The molecule has 218 valence electrons. The first-order valence-electron chi connectivity index (χ1n) is 13.4. The third-order valence-electron chi connectivity index (χ3n) is 7.27. The maximum absolute atomic E-state index is 14.0. The first-order valence-corrected chi connectivity index (χ1v) is 15.1. The summed E-state index contributed by atoms with van der Waals surface area (Å²) in [5.74, 6) is -3.98. The second-order valence-corrected chi connectivity index (χ2v) is 12.0. The Morgan fingerprint density at radius 1 is 0.930 bits per heavy atom. The van der Waals surface area contributed by atoms with Crippen LogP contribution in [0.4, 0.5) is 15.8 Å². The van der Waals surface area contributed by atoms with E-state index in [2.05, 4.69) is 5.32 Å². The Bertz CT molecular complexity index is 1790. The number of imide groups is 1. The van der Waals surface area contributed by atoms with Crippen LogP contribution in [0.15, 0.2) is 88.7 Å². The smallest absolute Gasteiger partial charge is 0.338 e. The van der Waals surface area contributed by atoms with E-state index < -0.39 is 51.5 Å². The third kappa shape index (κ3) is 5.28. The van der Waals surface area contributed by atoms with Crippen molar-refractivity contribution in [2.45, 2.75) is 29.7 Å². The molecule has 0 unspecified atom stereocenters. The van der Waals surface area contributed by atoms with Gasteiger partial charge in [0.1, 0.15) is 17.6 Å². The van der Waals surface area contributed by atoms with Crippen molar-refractivity contribution in [3.8, 4) is 0 Å². The first-order chi connectivity index (χ1) is 20.8. The van der Waals surface area contributed by atoms with E-state index in [4.69, 9.17) is 4.74 Å². The molecule has 1 fully saturated rings. The lowest BCUT2D eigenvalue weighted by molar-refractivity contribution is -0.122. The number of benzene rings is 3. The lowest BCUT2D eigenvalue weighted by Crippen LogP contribution is -2.33. The van der Waals surface area contributed by atoms with E-state index in [0.717, 1.165) is 28.0 Å². The van der Waals surface area contributed by atoms with Crippen molar-refractivity contribution in [2.24, 2.45) is 5.92 Å². The monoisotopic (exact) mass is 617 g/mol. The zero-order valence-electron chi connectivity index (χ0n) is 22.7. The molecule has 3 aromatic carbocycles. The summed E-state index contributed by atoms with van der Waals surface area (Å²) in [5, 5.41) is 2.29. The molecule has 1 aromatic heterocycles. The number of hydrogen-bond donors (Lipinski definition) is 1. The number of rotatable bonds is 7. The Kier molecular flexibility index (Phi) is 7.72. The second-order valence-electron chi connectivity index (χ2n) is 9.91. The zero-order chi connectivity index (χ0) is 30.2. The molecule has 2 aliphatic heterocycles. The Hall–Kier alpha value is -4.55. The maximum Gasteiger partial charge on any atom is 0.338 e. The number of nitrogens with one attached hydrogen (secondary N) is 1. The molecule has 1 saturated heterocycles. The van der Waals surface area contributed by atoms with Gasteiger partial charge in [-0.25, -0.2) is 14.1 Å². The predicted octanol–water partition coefficient (Wildman–Crippen LogP) is 4.66. The van der Waals surface area contributed by atoms with Crippen LogP contribution in [0.1, 0.15) is 33.6 Å². The molecule has 12 heteroatoms. The van der Waals surface area contributed by atoms with Crippen molar-refractivity contribution >= 4 is 58.2 Å². The molecule has 3 heterocycles. The summed E-state index contributed by atoms with van der Waals surface area (Å²) in [6, 6.07) is 20.4. The average Bonchev–Trinajstić information content (AvgIpc) is 3.44. The van der Waals surface area contributed by atoms with Gasteiger partial charge in [-0.05, 0) is 61.0 Å². The van der Waals surface area contributed by atoms with Gasteiger partial charge >= 0.3 is 10.8 Å². The highest BCUT2D eigenvalue weighted by atomic mass is 32.2. The number of carbonyl (C=O) groups excluding carboxylic acids is 4. The van der Waals surface area contributed by atoms with Crippen LogP contribution >= 0.6 is 23.1 Å². The van der Waals surface area contributed by atoms with Crippen LogP contribution in [-0.2, 0) is 25.7 Å². The fraction of sp³-hybridized carbons (Fsp3) is 0.194. The van der Waals surface area contributed by atoms with Gasteiger partial charge in [-0.15, -0.1) is 0 Å². The number of fused-ring (bicyclic) bond motifs is 2. The van der Waals surface area contributed by atoms with Gasteiger partial charge in [0.05, 0.1) is 28.8 Å². The highest BCUT2D eigenvalue weighted by Crippen LogP contribution is 2.53. The number of esters is 1. The molecule has 0 bridgehead atoms. The number of halogens is 1. The van der Waals surface area contributed by atoms with E-state index in [-0.39, 0.29) is 18.7 Å². The molecule has 6 rings (SSSR count). The number of aromatic nitrogens is 1. The number of nitrogens with zero attached hydrogens (tertiary/aromatic N) is 2. The Balaban J connectivity index is 1.38. The van der Waals surface area contributed by atoms with E-state index in [1.807, 2.05) is 6.07 Å². The molecule has 3 amide bonds. The molecular weight excluding hydrogens is 593 g/mol. The zero-order valence-corrected chi connectivity index (χ0v) is 24.3. The van der Waals surface area contributed by atoms with E-state index in [1.165, 1.54) is 41.0 Å². The van der Waals surface area contributed by atoms with E-state index >= 15 is 0 Å². The number of ether oxygens (including phenoxy) is 1. The van der Waals surface area contributed by atoms with Crippen LogP contribution in [0.2, 0.25) is 0 Å². The van der Waals surface area contributed by atoms with Gasteiger partial charge in [0.15, 0.2) is 0 Å². The number of amides is 3. The van der Waals surface area contributed by atoms with Crippen molar-refractivity contribution in [1.82, 2.24) is 4.57 Å². The highest BCUT2D eigenvalue weighted by Gasteiger charge is 2.56. The van der Waals surface area contributed by atoms with Crippen LogP contribution in [0, 0.1) is 11.7 Å². The summed E-state index contributed by atoms with van der Waals surface area (Å²) in [7, 11) is 0. The SMILES string of the molecule is CCOC(=O)c1ccc(N2C(=O)[C@@H]3[C@H](c4ccc(F)cc4)c4sc(=O)n(CC(=O)Nc5ccccc5)c4S[C@@H]3C2=O)cc1. The molecule has 0 aliphatic carbocycles. The number of carbonyl (C=O) groups is 4. The molecule has 1 N–H and O–H groups in total. The molecule has 9 nitrogen and oxygen atoms in total. The fourth-order valence-electron chi connectivity index (χ4n) is 5.37. The minimum Gasteiger partial charge on any atom is -0.462 e. The molecule has 0 spiro atoms. The maximum atomic E-state index is 14.0. The lowest BCUT2D eigenvalue weighted by atomic mass is 9.83. The summed E-state index contributed by atoms with van der Waals surface area (Å²) < 4.78 is 20.3. The molecule has 4 aromatic rings. The largest absolute Gasteiger partial charge is 0.462 e. The number of thioether (sulfide) groups is 1. The average molecular weight is 618 g/mol. The first kappa shape index (κ1) is 28.6. The minimum absolute atomic E-state index is 0.207. The predicted molar refractivity (Wildman–Crippen MR) is 160 cm³/mol. The third-order valence-corrected chi connectivity index (χ3v) is 9.88. The summed E-state index contributed by atoms with van der Waals surface area (Å²) >= 11 is 1.99. The summed E-state index contributed by atoms with van der Waals surface area (Å²) in [6.07, 6.45) is 0. The van der Waals surface area contributed by atoms with Crippen LogP contribution in [0.5, 0.6) is 0 Å². The number of thiazole rings is 1. The highest BCUT2D eigenvalue weighted by molar-refractivity contribution is 8.00. The minimum atomic E-state index is -0.905. The topological polar surface area (TPSA) is 115 Å². The van der Waals surface area contributed by atoms with Gasteiger partial charge in [-0.3, -0.25) is 23.7 Å². The molecule has 3 atom stereocenters.